The summed E-state index contributed by atoms with van der Waals surface area (Å²) in [6.07, 6.45) is 6.00. The first-order chi connectivity index (χ1) is 13.8. The van der Waals surface area contributed by atoms with Gasteiger partial charge in [-0.05, 0) is 36.8 Å². The molecule has 4 aromatic rings. The second kappa shape index (κ2) is 7.30. The molecule has 1 fully saturated rings. The number of aliphatic hydroxyl groups is 1. The molecule has 0 amide bonds. The molecule has 5 rings (SSSR count). The standard InChI is InChI=1S/C22H20N4OS/c27-16-7-10-26(14-16)22-19(21-11-15-3-1-2-4-20(15)25-21)12-18(13-24-22)28-17-5-8-23-9-6-17/h1-6,8-9,11-13,16,25,27H,7,10,14H2. The van der Waals surface area contributed by atoms with E-state index in [4.69, 9.17) is 4.98 Å². The van der Waals surface area contributed by atoms with E-state index in [0.717, 1.165) is 45.3 Å². The minimum atomic E-state index is -0.289. The number of rotatable bonds is 4. The lowest BCUT2D eigenvalue weighted by molar-refractivity contribution is 0.198. The molecule has 5 nitrogen and oxygen atoms in total. The van der Waals surface area contributed by atoms with E-state index in [1.54, 1.807) is 24.2 Å². The molecular weight excluding hydrogens is 368 g/mol. The van der Waals surface area contributed by atoms with Gasteiger partial charge in [-0.15, -0.1) is 0 Å². The molecule has 1 aliphatic heterocycles. The van der Waals surface area contributed by atoms with Crippen LogP contribution in [-0.4, -0.2) is 39.3 Å². The Balaban J connectivity index is 1.59. The van der Waals surface area contributed by atoms with E-state index >= 15 is 0 Å². The van der Waals surface area contributed by atoms with E-state index in [9.17, 15) is 5.11 Å². The molecule has 6 heteroatoms. The predicted octanol–water partition coefficient (Wildman–Crippen LogP) is 4.35. The normalized spacial score (nSPS) is 16.8. The summed E-state index contributed by atoms with van der Waals surface area (Å²) in [7, 11) is 0. The lowest BCUT2D eigenvalue weighted by Crippen LogP contribution is -2.23. The number of fused-ring (bicyclic) bond motifs is 1. The number of β-amino-alcohol motifs (C(OH)–C–C–N with tert-alkyl or cyclic N) is 1. The third-order valence-corrected chi connectivity index (χ3v) is 5.98. The summed E-state index contributed by atoms with van der Waals surface area (Å²) in [6, 6.07) is 16.6. The molecule has 0 radical (unpaired) electrons. The van der Waals surface area contributed by atoms with E-state index in [2.05, 4.69) is 39.1 Å². The SMILES string of the molecule is OC1CCN(c2ncc(Sc3ccncc3)cc2-c2cc3ccccc3[nH]2)C1. The number of para-hydroxylation sites is 1. The summed E-state index contributed by atoms with van der Waals surface area (Å²) in [5.74, 6) is 0.919. The Hall–Kier alpha value is -2.83. The Kier molecular flexibility index (Phi) is 4.50. The third kappa shape index (κ3) is 3.37. The minimum Gasteiger partial charge on any atom is -0.391 e. The first-order valence-electron chi connectivity index (χ1n) is 9.35. The van der Waals surface area contributed by atoms with Crippen molar-refractivity contribution < 1.29 is 5.11 Å². The van der Waals surface area contributed by atoms with Gasteiger partial charge in [0.05, 0.1) is 11.8 Å². The van der Waals surface area contributed by atoms with Crippen LogP contribution in [0, 0.1) is 0 Å². The quantitative estimate of drug-likeness (QED) is 0.544. The number of benzene rings is 1. The number of aromatic nitrogens is 3. The summed E-state index contributed by atoms with van der Waals surface area (Å²) in [6.45, 7) is 1.44. The van der Waals surface area contributed by atoms with Crippen LogP contribution in [0.1, 0.15) is 6.42 Å². The van der Waals surface area contributed by atoms with Crippen LogP contribution in [0.5, 0.6) is 0 Å². The fraction of sp³-hybridized carbons (Fsp3) is 0.182. The predicted molar refractivity (Wildman–Crippen MR) is 113 cm³/mol. The van der Waals surface area contributed by atoms with E-state index in [1.807, 2.05) is 30.5 Å². The van der Waals surface area contributed by atoms with Crippen LogP contribution in [0.25, 0.3) is 22.2 Å². The van der Waals surface area contributed by atoms with Crippen molar-refractivity contribution in [2.45, 2.75) is 22.3 Å². The van der Waals surface area contributed by atoms with Gasteiger partial charge < -0.3 is 15.0 Å². The van der Waals surface area contributed by atoms with Gasteiger partial charge in [0.1, 0.15) is 5.82 Å². The van der Waals surface area contributed by atoms with Gasteiger partial charge in [-0.3, -0.25) is 4.98 Å². The molecule has 3 aromatic heterocycles. The van der Waals surface area contributed by atoms with Crippen molar-refractivity contribution >= 4 is 28.5 Å². The van der Waals surface area contributed by atoms with Crippen molar-refractivity contribution in [1.29, 1.82) is 0 Å². The fourth-order valence-electron chi connectivity index (χ4n) is 3.64. The Bertz CT molecular complexity index is 1080. The number of pyridine rings is 2. The van der Waals surface area contributed by atoms with Gasteiger partial charge in [-0.25, -0.2) is 4.98 Å². The average Bonchev–Trinajstić information content (AvgIpc) is 3.35. The Labute approximate surface area is 167 Å². The maximum atomic E-state index is 10.00. The van der Waals surface area contributed by atoms with Gasteiger partial charge in [0, 0.05) is 57.9 Å². The van der Waals surface area contributed by atoms with Gasteiger partial charge in [-0.1, -0.05) is 30.0 Å². The topological polar surface area (TPSA) is 65.0 Å². The van der Waals surface area contributed by atoms with Gasteiger partial charge in [0.2, 0.25) is 0 Å². The molecule has 0 bridgehead atoms. The zero-order valence-corrected chi connectivity index (χ0v) is 16.1. The second-order valence-electron chi connectivity index (χ2n) is 6.99. The first kappa shape index (κ1) is 17.3. The van der Waals surface area contributed by atoms with Crippen molar-refractivity contribution in [2.75, 3.05) is 18.0 Å². The van der Waals surface area contributed by atoms with E-state index in [1.165, 1.54) is 5.39 Å². The van der Waals surface area contributed by atoms with Crippen LogP contribution in [0.3, 0.4) is 0 Å². The average molecular weight is 388 g/mol. The molecular formula is C22H20N4OS. The monoisotopic (exact) mass is 388 g/mol. The number of aliphatic hydroxyl groups excluding tert-OH is 1. The Morgan fingerprint density at radius 1 is 1.07 bits per heavy atom. The smallest absolute Gasteiger partial charge is 0.138 e. The van der Waals surface area contributed by atoms with Crippen molar-refractivity contribution in [3.63, 3.8) is 0 Å². The molecule has 140 valence electrons. The van der Waals surface area contributed by atoms with Gasteiger partial charge >= 0.3 is 0 Å². The van der Waals surface area contributed by atoms with Crippen molar-refractivity contribution in [3.8, 4) is 11.3 Å². The maximum absolute atomic E-state index is 10.00. The highest BCUT2D eigenvalue weighted by Gasteiger charge is 2.24. The molecule has 1 atom stereocenters. The largest absolute Gasteiger partial charge is 0.391 e. The lowest BCUT2D eigenvalue weighted by Gasteiger charge is -2.20. The second-order valence-corrected chi connectivity index (χ2v) is 8.13. The van der Waals surface area contributed by atoms with E-state index < -0.39 is 0 Å². The van der Waals surface area contributed by atoms with Crippen molar-refractivity contribution in [2.24, 2.45) is 0 Å². The molecule has 1 aromatic carbocycles. The van der Waals surface area contributed by atoms with Gasteiger partial charge in [-0.2, -0.15) is 0 Å². The number of anilines is 1. The highest BCUT2D eigenvalue weighted by Crippen LogP contribution is 2.37. The first-order valence-corrected chi connectivity index (χ1v) is 10.2. The number of aromatic amines is 1. The number of hydrogen-bond donors (Lipinski definition) is 2. The van der Waals surface area contributed by atoms with Crippen LogP contribution >= 0.6 is 11.8 Å². The summed E-state index contributed by atoms with van der Waals surface area (Å²) < 4.78 is 0. The summed E-state index contributed by atoms with van der Waals surface area (Å²) >= 11 is 1.67. The highest BCUT2D eigenvalue weighted by molar-refractivity contribution is 7.99. The summed E-state index contributed by atoms with van der Waals surface area (Å²) in [5, 5.41) is 11.2. The van der Waals surface area contributed by atoms with Crippen LogP contribution in [-0.2, 0) is 0 Å². The van der Waals surface area contributed by atoms with Crippen LogP contribution in [0.4, 0.5) is 5.82 Å². The molecule has 0 spiro atoms. The minimum absolute atomic E-state index is 0.289. The van der Waals surface area contributed by atoms with E-state index in [-0.39, 0.29) is 6.10 Å². The zero-order chi connectivity index (χ0) is 18.9. The lowest BCUT2D eigenvalue weighted by atomic mass is 10.1. The molecule has 1 aliphatic rings. The fourth-order valence-corrected chi connectivity index (χ4v) is 4.45. The molecule has 1 saturated heterocycles. The summed E-state index contributed by atoms with van der Waals surface area (Å²) in [4.78, 5) is 16.8. The number of nitrogens with one attached hydrogen (secondary N) is 1. The van der Waals surface area contributed by atoms with Crippen LogP contribution in [0.2, 0.25) is 0 Å². The molecule has 0 aliphatic carbocycles. The van der Waals surface area contributed by atoms with Crippen LogP contribution in [0.15, 0.2) is 76.9 Å². The van der Waals surface area contributed by atoms with Crippen molar-refractivity contribution in [3.05, 3.63) is 67.1 Å². The Morgan fingerprint density at radius 2 is 1.93 bits per heavy atom. The molecule has 28 heavy (non-hydrogen) atoms. The van der Waals surface area contributed by atoms with Gasteiger partial charge in [0.15, 0.2) is 0 Å². The van der Waals surface area contributed by atoms with E-state index in [0.29, 0.717) is 6.54 Å². The highest BCUT2D eigenvalue weighted by atomic mass is 32.2. The third-order valence-electron chi connectivity index (χ3n) is 5.01. The molecule has 0 saturated carbocycles. The summed E-state index contributed by atoms with van der Waals surface area (Å²) in [5.41, 5.74) is 3.21. The number of nitrogens with zero attached hydrogens (tertiary/aromatic N) is 3. The molecule has 2 N–H and O–H groups in total. The number of H-pyrrole nitrogens is 1. The van der Waals surface area contributed by atoms with Gasteiger partial charge in [0.25, 0.3) is 0 Å². The zero-order valence-electron chi connectivity index (χ0n) is 15.2. The maximum Gasteiger partial charge on any atom is 0.138 e. The van der Waals surface area contributed by atoms with Crippen LogP contribution < -0.4 is 4.90 Å². The molecule has 1 unspecified atom stereocenters. The molecule has 4 heterocycles. The number of hydrogen-bond acceptors (Lipinski definition) is 5. The van der Waals surface area contributed by atoms with Crippen molar-refractivity contribution in [1.82, 2.24) is 15.0 Å². The Morgan fingerprint density at radius 3 is 2.71 bits per heavy atom.